The van der Waals surface area contributed by atoms with E-state index < -0.39 is 0 Å². The third-order valence-corrected chi connectivity index (χ3v) is 2.84. The molecule has 0 radical (unpaired) electrons. The number of hydrogen-bond acceptors (Lipinski definition) is 5. The Morgan fingerprint density at radius 2 is 2.10 bits per heavy atom. The van der Waals surface area contributed by atoms with Crippen LogP contribution >= 0.6 is 0 Å². The van der Waals surface area contributed by atoms with Gasteiger partial charge in [0.2, 0.25) is 11.7 Å². The van der Waals surface area contributed by atoms with Crippen LogP contribution in [0.4, 0.5) is 0 Å². The van der Waals surface area contributed by atoms with Crippen LogP contribution in [-0.4, -0.2) is 22.7 Å². The molecule has 1 atom stereocenters. The van der Waals surface area contributed by atoms with Crippen LogP contribution in [0.15, 0.2) is 34.9 Å². The van der Waals surface area contributed by atoms with E-state index >= 15 is 0 Å². The maximum absolute atomic E-state index is 5.57. The highest BCUT2D eigenvalue weighted by Gasteiger charge is 2.10. The predicted octanol–water partition coefficient (Wildman–Crippen LogP) is 2.58. The minimum Gasteiger partial charge on any atom is -0.485 e. The summed E-state index contributed by atoms with van der Waals surface area (Å²) in [5, 5.41) is 7.31. The first-order valence-electron chi connectivity index (χ1n) is 7.00. The molecule has 0 spiro atoms. The molecule has 0 aliphatic heterocycles. The van der Waals surface area contributed by atoms with Crippen molar-refractivity contribution in [3.63, 3.8) is 0 Å². The van der Waals surface area contributed by atoms with E-state index in [1.807, 2.05) is 30.3 Å². The maximum Gasteiger partial charge on any atom is 0.228 e. The van der Waals surface area contributed by atoms with E-state index in [0.29, 0.717) is 24.4 Å². The second kappa shape index (κ2) is 7.65. The van der Waals surface area contributed by atoms with E-state index in [0.717, 1.165) is 25.1 Å². The Morgan fingerprint density at radius 3 is 2.85 bits per heavy atom. The quantitative estimate of drug-likeness (QED) is 0.802. The number of hydrogen-bond donors (Lipinski definition) is 1. The van der Waals surface area contributed by atoms with Crippen molar-refractivity contribution in [1.82, 2.24) is 15.5 Å². The van der Waals surface area contributed by atoms with E-state index in [4.69, 9.17) is 9.26 Å². The van der Waals surface area contributed by atoms with Gasteiger partial charge in [0.1, 0.15) is 5.75 Å². The molecule has 0 aliphatic carbocycles. The van der Waals surface area contributed by atoms with Gasteiger partial charge in [0.25, 0.3) is 0 Å². The second-order valence-electron chi connectivity index (χ2n) is 4.77. The lowest BCUT2D eigenvalue weighted by Crippen LogP contribution is -2.28. The van der Waals surface area contributed by atoms with Crippen LogP contribution in [0.5, 0.6) is 5.75 Å². The van der Waals surface area contributed by atoms with E-state index in [9.17, 15) is 0 Å². The molecule has 1 heterocycles. The Balaban J connectivity index is 1.80. The van der Waals surface area contributed by atoms with Crippen molar-refractivity contribution in [2.75, 3.05) is 6.54 Å². The molecule has 0 amide bonds. The van der Waals surface area contributed by atoms with Gasteiger partial charge in [0.05, 0.1) is 0 Å². The molecule has 0 fully saturated rings. The van der Waals surface area contributed by atoms with Crippen LogP contribution in [0.2, 0.25) is 0 Å². The lowest BCUT2D eigenvalue weighted by atomic mass is 10.2. The molecule has 2 aromatic rings. The van der Waals surface area contributed by atoms with Crippen LogP contribution in [0.3, 0.4) is 0 Å². The number of nitrogens with zero attached hydrogens (tertiary/aromatic N) is 2. The predicted molar refractivity (Wildman–Crippen MR) is 76.5 cm³/mol. The Labute approximate surface area is 119 Å². The largest absolute Gasteiger partial charge is 0.485 e. The third-order valence-electron chi connectivity index (χ3n) is 2.84. The summed E-state index contributed by atoms with van der Waals surface area (Å²) in [6.07, 6.45) is 1.85. The average Bonchev–Trinajstić information content (AvgIpc) is 2.91. The summed E-state index contributed by atoms with van der Waals surface area (Å²) >= 11 is 0. The zero-order valence-electron chi connectivity index (χ0n) is 12.0. The first kappa shape index (κ1) is 14.5. The normalized spacial score (nSPS) is 12.3. The maximum atomic E-state index is 5.57. The number of benzene rings is 1. The summed E-state index contributed by atoms with van der Waals surface area (Å²) < 4.78 is 10.8. The van der Waals surface area contributed by atoms with Crippen LogP contribution in [0.25, 0.3) is 0 Å². The molecule has 1 N–H and O–H groups in total. The van der Waals surface area contributed by atoms with Crippen molar-refractivity contribution in [1.29, 1.82) is 0 Å². The third kappa shape index (κ3) is 4.66. The Morgan fingerprint density at radius 1 is 1.30 bits per heavy atom. The smallest absolute Gasteiger partial charge is 0.228 e. The Bertz CT molecular complexity index is 499. The molecular weight excluding hydrogens is 254 g/mol. The molecule has 0 bridgehead atoms. The average molecular weight is 275 g/mol. The summed E-state index contributed by atoms with van der Waals surface area (Å²) in [5.41, 5.74) is 0. The molecule has 2 rings (SSSR count). The topological polar surface area (TPSA) is 60.2 Å². The highest BCUT2D eigenvalue weighted by molar-refractivity contribution is 5.20. The van der Waals surface area contributed by atoms with Crippen molar-refractivity contribution in [2.45, 2.75) is 39.3 Å². The first-order valence-corrected chi connectivity index (χ1v) is 7.00. The summed E-state index contributed by atoms with van der Waals surface area (Å²) in [6.45, 7) is 5.58. The number of nitrogens with one attached hydrogen (secondary N) is 1. The number of aromatic nitrogens is 2. The molecule has 0 aliphatic rings. The number of ether oxygens (including phenoxy) is 1. The van der Waals surface area contributed by atoms with E-state index in [-0.39, 0.29) is 0 Å². The van der Waals surface area contributed by atoms with Crippen LogP contribution in [0.1, 0.15) is 32.0 Å². The fourth-order valence-electron chi connectivity index (χ4n) is 1.82. The molecule has 5 heteroatoms. The van der Waals surface area contributed by atoms with Gasteiger partial charge in [-0.3, -0.25) is 0 Å². The monoisotopic (exact) mass is 275 g/mol. The fraction of sp³-hybridized carbons (Fsp3) is 0.467. The van der Waals surface area contributed by atoms with Crippen molar-refractivity contribution < 1.29 is 9.26 Å². The van der Waals surface area contributed by atoms with Crippen LogP contribution in [-0.2, 0) is 13.0 Å². The van der Waals surface area contributed by atoms with E-state index in [1.165, 1.54) is 0 Å². The van der Waals surface area contributed by atoms with Gasteiger partial charge in [-0.15, -0.1) is 0 Å². The van der Waals surface area contributed by atoms with Crippen LogP contribution < -0.4 is 10.1 Å². The van der Waals surface area contributed by atoms with E-state index in [1.54, 1.807) is 0 Å². The summed E-state index contributed by atoms with van der Waals surface area (Å²) in [4.78, 5) is 4.33. The van der Waals surface area contributed by atoms with Crippen molar-refractivity contribution in [3.05, 3.63) is 42.0 Å². The molecule has 20 heavy (non-hydrogen) atoms. The summed E-state index contributed by atoms with van der Waals surface area (Å²) in [5.74, 6) is 2.02. The van der Waals surface area contributed by atoms with Crippen molar-refractivity contribution in [3.8, 4) is 5.75 Å². The number of rotatable bonds is 8. The van der Waals surface area contributed by atoms with Crippen molar-refractivity contribution in [2.24, 2.45) is 0 Å². The number of para-hydroxylation sites is 1. The lowest BCUT2D eigenvalue weighted by Gasteiger charge is -2.09. The molecule has 1 aromatic heterocycles. The van der Waals surface area contributed by atoms with Gasteiger partial charge in [-0.1, -0.05) is 30.3 Å². The Hall–Kier alpha value is -1.88. The standard InChI is InChI=1S/C15H21N3O2/c1-3-9-16-12(2)10-15-17-14(18-20-15)11-19-13-7-5-4-6-8-13/h4-8,12,16H,3,9-11H2,1-2H3. The molecular formula is C15H21N3O2. The van der Waals surface area contributed by atoms with Gasteiger partial charge >= 0.3 is 0 Å². The molecule has 0 saturated carbocycles. The van der Waals surface area contributed by atoms with Gasteiger partial charge in [-0.2, -0.15) is 4.98 Å². The fourth-order valence-corrected chi connectivity index (χ4v) is 1.82. The first-order chi connectivity index (χ1) is 9.78. The highest BCUT2D eigenvalue weighted by Crippen LogP contribution is 2.10. The van der Waals surface area contributed by atoms with E-state index in [2.05, 4.69) is 29.3 Å². The molecule has 108 valence electrons. The SMILES string of the molecule is CCCNC(C)Cc1nc(COc2ccccc2)no1. The van der Waals surface area contributed by atoms with Crippen LogP contribution in [0, 0.1) is 0 Å². The second-order valence-corrected chi connectivity index (χ2v) is 4.77. The molecule has 0 saturated heterocycles. The zero-order valence-corrected chi connectivity index (χ0v) is 12.0. The summed E-state index contributed by atoms with van der Waals surface area (Å²) in [6, 6.07) is 9.94. The van der Waals surface area contributed by atoms with Gasteiger partial charge < -0.3 is 14.6 Å². The van der Waals surface area contributed by atoms with Crippen molar-refractivity contribution >= 4 is 0 Å². The zero-order chi connectivity index (χ0) is 14.2. The Kier molecular flexibility index (Phi) is 5.55. The van der Waals surface area contributed by atoms with Gasteiger partial charge in [0.15, 0.2) is 6.61 Å². The van der Waals surface area contributed by atoms with Gasteiger partial charge in [-0.05, 0) is 32.0 Å². The lowest BCUT2D eigenvalue weighted by molar-refractivity contribution is 0.284. The molecule has 5 nitrogen and oxygen atoms in total. The summed E-state index contributed by atoms with van der Waals surface area (Å²) in [7, 11) is 0. The van der Waals surface area contributed by atoms with Gasteiger partial charge in [-0.25, -0.2) is 0 Å². The molecule has 1 aromatic carbocycles. The highest BCUT2D eigenvalue weighted by atomic mass is 16.5. The minimum absolute atomic E-state index is 0.324. The minimum atomic E-state index is 0.324. The molecule has 1 unspecified atom stereocenters. The van der Waals surface area contributed by atoms with Gasteiger partial charge in [0, 0.05) is 12.5 Å².